The van der Waals surface area contributed by atoms with Crippen molar-refractivity contribution < 1.29 is 13.2 Å². The summed E-state index contributed by atoms with van der Waals surface area (Å²) < 4.78 is 38.9. The van der Waals surface area contributed by atoms with E-state index in [2.05, 4.69) is 25.9 Å². The molecule has 0 N–H and O–H groups in total. The van der Waals surface area contributed by atoms with Gasteiger partial charge in [-0.2, -0.15) is 18.4 Å². The van der Waals surface area contributed by atoms with Crippen LogP contribution >= 0.6 is 0 Å². The Labute approximate surface area is 154 Å². The van der Waals surface area contributed by atoms with Gasteiger partial charge in [-0.25, -0.2) is 15.0 Å². The molecule has 2 aliphatic heterocycles. The lowest BCUT2D eigenvalue weighted by Crippen LogP contribution is -2.49. The van der Waals surface area contributed by atoms with Gasteiger partial charge in [0.05, 0.1) is 6.04 Å². The van der Waals surface area contributed by atoms with E-state index in [1.807, 2.05) is 4.90 Å². The summed E-state index contributed by atoms with van der Waals surface area (Å²) >= 11 is 0. The lowest BCUT2D eigenvalue weighted by Gasteiger charge is -2.39. The predicted octanol–water partition coefficient (Wildman–Crippen LogP) is 2.87. The van der Waals surface area contributed by atoms with Gasteiger partial charge in [0.1, 0.15) is 17.6 Å². The van der Waals surface area contributed by atoms with E-state index in [0.717, 1.165) is 25.5 Å². The highest BCUT2D eigenvalue weighted by molar-refractivity contribution is 5.53. The first kappa shape index (κ1) is 17.5. The van der Waals surface area contributed by atoms with Crippen LogP contribution in [0.4, 0.5) is 24.8 Å². The molecule has 0 saturated carbocycles. The molecule has 9 heteroatoms. The number of hydrogen-bond acceptors (Lipinski definition) is 6. The van der Waals surface area contributed by atoms with Crippen LogP contribution in [0.3, 0.4) is 0 Å². The van der Waals surface area contributed by atoms with Gasteiger partial charge in [-0.1, -0.05) is 6.07 Å². The zero-order valence-electron chi connectivity index (χ0n) is 14.4. The smallest absolute Gasteiger partial charge is 0.355 e. The Balaban J connectivity index is 1.60. The highest BCUT2D eigenvalue weighted by Crippen LogP contribution is 2.37. The Bertz CT molecular complexity index is 878. The van der Waals surface area contributed by atoms with Crippen LogP contribution in [0.25, 0.3) is 0 Å². The summed E-state index contributed by atoms with van der Waals surface area (Å²) in [4.78, 5) is 16.2. The molecule has 0 bridgehead atoms. The van der Waals surface area contributed by atoms with Gasteiger partial charge in [-0.05, 0) is 30.9 Å². The molecule has 0 aliphatic carbocycles. The Morgan fingerprint density at radius 3 is 2.67 bits per heavy atom. The fraction of sp³-hybridized carbons (Fsp3) is 0.444. The number of nitriles is 1. The monoisotopic (exact) mass is 374 g/mol. The molecule has 2 atom stereocenters. The molecule has 140 valence electrons. The fourth-order valence-electron chi connectivity index (χ4n) is 3.99. The number of aromatic nitrogens is 3. The van der Waals surface area contributed by atoms with Crippen LogP contribution < -0.4 is 9.80 Å². The number of alkyl halides is 3. The van der Waals surface area contributed by atoms with Gasteiger partial charge < -0.3 is 9.80 Å². The molecule has 2 aromatic heterocycles. The number of piperidine rings is 1. The average Bonchev–Trinajstić information content (AvgIpc) is 3.10. The molecule has 0 amide bonds. The van der Waals surface area contributed by atoms with Gasteiger partial charge >= 0.3 is 6.18 Å². The second-order valence-electron chi connectivity index (χ2n) is 6.76. The third-order valence-corrected chi connectivity index (χ3v) is 5.27. The molecule has 27 heavy (non-hydrogen) atoms. The standard InChI is InChI=1S/C18H17F3N6/c19-18(20,21)15-2-1-3-16(25-15)26-8-4-12-5-9-27(14(12)11-26)17-13(10-22)23-6-7-24-17/h1-3,6-7,12,14H,4-5,8-9,11H2. The fourth-order valence-corrected chi connectivity index (χ4v) is 3.99. The maximum atomic E-state index is 13.0. The van der Waals surface area contributed by atoms with E-state index < -0.39 is 11.9 Å². The number of hydrogen-bond donors (Lipinski definition) is 0. The highest BCUT2D eigenvalue weighted by Gasteiger charge is 2.40. The molecular formula is C18H17F3N6. The van der Waals surface area contributed by atoms with Crippen LogP contribution in [0.2, 0.25) is 0 Å². The first-order valence-electron chi connectivity index (χ1n) is 8.74. The van der Waals surface area contributed by atoms with Crippen molar-refractivity contribution in [3.05, 3.63) is 42.0 Å². The first-order chi connectivity index (χ1) is 13.0. The number of pyridine rings is 1. The summed E-state index contributed by atoms with van der Waals surface area (Å²) in [7, 11) is 0. The van der Waals surface area contributed by atoms with Crippen LogP contribution in [0, 0.1) is 17.2 Å². The zero-order chi connectivity index (χ0) is 19.0. The summed E-state index contributed by atoms with van der Waals surface area (Å²) in [6.07, 6.45) is 0.403. The maximum Gasteiger partial charge on any atom is 0.433 e. The topological polar surface area (TPSA) is 68.9 Å². The Morgan fingerprint density at radius 1 is 1.11 bits per heavy atom. The van der Waals surface area contributed by atoms with E-state index in [4.69, 9.17) is 0 Å². The zero-order valence-corrected chi connectivity index (χ0v) is 14.4. The summed E-state index contributed by atoms with van der Waals surface area (Å²) in [6, 6.07) is 6.12. The van der Waals surface area contributed by atoms with Gasteiger partial charge in [0.25, 0.3) is 0 Å². The van der Waals surface area contributed by atoms with Crippen molar-refractivity contribution in [1.82, 2.24) is 15.0 Å². The second-order valence-corrected chi connectivity index (χ2v) is 6.76. The van der Waals surface area contributed by atoms with Crippen molar-refractivity contribution in [3.8, 4) is 6.07 Å². The van der Waals surface area contributed by atoms with E-state index in [9.17, 15) is 18.4 Å². The Morgan fingerprint density at radius 2 is 1.89 bits per heavy atom. The van der Waals surface area contributed by atoms with Crippen molar-refractivity contribution in [2.24, 2.45) is 5.92 Å². The van der Waals surface area contributed by atoms with Gasteiger partial charge in [0.15, 0.2) is 11.5 Å². The normalized spacial score (nSPS) is 22.4. The van der Waals surface area contributed by atoms with Gasteiger partial charge in [0.2, 0.25) is 0 Å². The number of halogens is 3. The van der Waals surface area contributed by atoms with Crippen molar-refractivity contribution in [2.45, 2.75) is 25.1 Å². The summed E-state index contributed by atoms with van der Waals surface area (Å²) in [5, 5.41) is 9.31. The number of rotatable bonds is 2. The molecule has 4 rings (SSSR count). The summed E-state index contributed by atoms with van der Waals surface area (Å²) in [5.74, 6) is 1.29. The van der Waals surface area contributed by atoms with Gasteiger partial charge in [-0.15, -0.1) is 0 Å². The number of anilines is 2. The summed E-state index contributed by atoms with van der Waals surface area (Å²) in [6.45, 7) is 1.96. The minimum Gasteiger partial charge on any atom is -0.355 e. The third kappa shape index (κ3) is 3.27. The number of nitrogens with zero attached hydrogens (tertiary/aromatic N) is 6. The van der Waals surface area contributed by atoms with E-state index in [-0.39, 0.29) is 11.7 Å². The van der Waals surface area contributed by atoms with Gasteiger partial charge in [-0.3, -0.25) is 0 Å². The Hall–Kier alpha value is -2.89. The van der Waals surface area contributed by atoms with Crippen LogP contribution in [-0.4, -0.2) is 40.6 Å². The quantitative estimate of drug-likeness (QED) is 0.805. The van der Waals surface area contributed by atoms with Crippen LogP contribution in [0.15, 0.2) is 30.6 Å². The molecule has 6 nitrogen and oxygen atoms in total. The van der Waals surface area contributed by atoms with E-state index in [1.54, 1.807) is 12.3 Å². The van der Waals surface area contributed by atoms with E-state index in [0.29, 0.717) is 30.6 Å². The largest absolute Gasteiger partial charge is 0.433 e. The summed E-state index contributed by atoms with van der Waals surface area (Å²) in [5.41, 5.74) is -0.612. The van der Waals surface area contributed by atoms with Crippen molar-refractivity contribution in [1.29, 1.82) is 5.26 Å². The first-order valence-corrected chi connectivity index (χ1v) is 8.74. The van der Waals surface area contributed by atoms with E-state index in [1.165, 1.54) is 12.3 Å². The molecular weight excluding hydrogens is 357 g/mol. The predicted molar refractivity (Wildman–Crippen MR) is 92.1 cm³/mol. The Kier molecular flexibility index (Phi) is 4.34. The molecule has 0 aromatic carbocycles. The molecule has 4 heterocycles. The van der Waals surface area contributed by atoms with E-state index >= 15 is 0 Å². The number of fused-ring (bicyclic) bond motifs is 1. The van der Waals surface area contributed by atoms with Crippen molar-refractivity contribution in [2.75, 3.05) is 29.4 Å². The lowest BCUT2D eigenvalue weighted by atomic mass is 9.92. The highest BCUT2D eigenvalue weighted by atomic mass is 19.4. The molecule has 2 aromatic rings. The molecule has 2 saturated heterocycles. The van der Waals surface area contributed by atoms with Crippen LogP contribution in [-0.2, 0) is 6.18 Å². The molecule has 0 radical (unpaired) electrons. The lowest BCUT2D eigenvalue weighted by molar-refractivity contribution is -0.141. The SMILES string of the molecule is N#Cc1nccnc1N1CCC2CCN(c3cccc(C(F)(F)F)n3)CC21. The minimum atomic E-state index is -4.46. The van der Waals surface area contributed by atoms with Crippen LogP contribution in [0.1, 0.15) is 24.2 Å². The molecule has 2 aliphatic rings. The van der Waals surface area contributed by atoms with Crippen molar-refractivity contribution in [3.63, 3.8) is 0 Å². The molecule has 0 spiro atoms. The average molecular weight is 374 g/mol. The minimum absolute atomic E-state index is 0.0684. The third-order valence-electron chi connectivity index (χ3n) is 5.27. The van der Waals surface area contributed by atoms with Gasteiger partial charge in [0, 0.05) is 32.0 Å². The second kappa shape index (κ2) is 6.68. The molecule has 2 fully saturated rings. The maximum absolute atomic E-state index is 13.0. The van der Waals surface area contributed by atoms with Crippen LogP contribution in [0.5, 0.6) is 0 Å². The molecule has 2 unspecified atom stereocenters. The van der Waals surface area contributed by atoms with Crippen molar-refractivity contribution >= 4 is 11.6 Å².